The molecule has 0 aromatic heterocycles. The van der Waals surface area contributed by atoms with Crippen molar-refractivity contribution in [3.8, 4) is 0 Å². The Morgan fingerprint density at radius 3 is 1.04 bits per heavy atom. The second kappa shape index (κ2) is 16.2. The second-order valence-corrected chi connectivity index (χ2v) is 12.0. The van der Waals surface area contributed by atoms with Crippen LogP contribution in [0, 0.1) is 0 Å². The lowest BCUT2D eigenvalue weighted by molar-refractivity contribution is 0.0593. The van der Waals surface area contributed by atoms with Gasteiger partial charge >= 0.3 is 0 Å². The zero-order chi connectivity index (χ0) is 31.9. The van der Waals surface area contributed by atoms with E-state index < -0.39 is 0 Å². The van der Waals surface area contributed by atoms with Crippen molar-refractivity contribution in [2.75, 3.05) is 52.4 Å². The number of imide groups is 2. The van der Waals surface area contributed by atoms with Crippen LogP contribution in [0.15, 0.2) is 72.8 Å². The summed E-state index contributed by atoms with van der Waals surface area (Å²) in [6.45, 7) is 5.98. The lowest BCUT2D eigenvalue weighted by Crippen LogP contribution is -2.41. The summed E-state index contributed by atoms with van der Waals surface area (Å²) >= 11 is 0. The van der Waals surface area contributed by atoms with Crippen molar-refractivity contribution in [2.45, 2.75) is 32.1 Å². The number of rotatable bonds is 17. The number of hydrogen-bond donors (Lipinski definition) is 3. The lowest BCUT2D eigenvalue weighted by atomic mass is 9.94. The van der Waals surface area contributed by atoms with Gasteiger partial charge in [0.05, 0.1) is 0 Å². The highest BCUT2D eigenvalue weighted by molar-refractivity contribution is 8.93. The summed E-state index contributed by atoms with van der Waals surface area (Å²) in [7, 11) is 0. The largest absolute Gasteiger partial charge is 0.317 e. The number of amides is 4. The molecule has 0 fully saturated rings. The van der Waals surface area contributed by atoms with Gasteiger partial charge in [-0.25, -0.2) is 0 Å². The van der Waals surface area contributed by atoms with E-state index in [1.165, 1.54) is 9.80 Å². The van der Waals surface area contributed by atoms with Crippen molar-refractivity contribution in [2.24, 2.45) is 0 Å². The third kappa shape index (κ3) is 7.46. The SMILES string of the molecule is Br.O=C1c2cccc3cccc(c23)C(=O)N1CCCNCCCCNCCCNCCCN1C(=O)c2cccc3cccc(c23)C1=O. The fourth-order valence-corrected chi connectivity index (χ4v) is 6.50. The van der Waals surface area contributed by atoms with Gasteiger partial charge in [-0.15, -0.1) is 17.0 Å². The molecule has 2 aliphatic heterocycles. The Morgan fingerprint density at radius 1 is 0.404 bits per heavy atom. The van der Waals surface area contributed by atoms with Crippen LogP contribution in [0.4, 0.5) is 0 Å². The van der Waals surface area contributed by atoms with Gasteiger partial charge in [-0.1, -0.05) is 48.5 Å². The highest BCUT2D eigenvalue weighted by atomic mass is 79.9. The molecule has 10 heteroatoms. The van der Waals surface area contributed by atoms with Crippen LogP contribution in [0.1, 0.15) is 73.5 Å². The molecule has 9 nitrogen and oxygen atoms in total. The number of carbonyl (C=O) groups excluding carboxylic acids is 4. The molecule has 4 amide bonds. The second-order valence-electron chi connectivity index (χ2n) is 12.0. The molecular formula is C37H42BrN5O4. The standard InChI is InChI=1S/C37H41N5O4.BrH/c43-34-28-14-3-10-26-11-4-15-29(32(26)28)35(44)41(34)24-8-22-39-19-2-1-18-38-20-7-21-40-23-9-25-42-36(45)30-16-5-12-27-13-6-17-31(33(27)30)37(42)46;/h3-6,10-17,38-40H,1-2,7-9,18-25H2;1H. The van der Waals surface area contributed by atoms with Gasteiger partial charge in [-0.2, -0.15) is 0 Å². The van der Waals surface area contributed by atoms with Crippen LogP contribution in [0.5, 0.6) is 0 Å². The Labute approximate surface area is 285 Å². The number of benzene rings is 4. The van der Waals surface area contributed by atoms with Crippen molar-refractivity contribution < 1.29 is 19.2 Å². The van der Waals surface area contributed by atoms with E-state index in [-0.39, 0.29) is 40.6 Å². The topological polar surface area (TPSA) is 111 Å². The molecular weight excluding hydrogens is 658 g/mol. The number of hydrogen-bond acceptors (Lipinski definition) is 7. The molecule has 0 radical (unpaired) electrons. The van der Waals surface area contributed by atoms with Crippen molar-refractivity contribution in [1.82, 2.24) is 25.8 Å². The van der Waals surface area contributed by atoms with Gasteiger partial charge in [-0.3, -0.25) is 29.0 Å². The Bertz CT molecular complexity index is 1550. The fourth-order valence-electron chi connectivity index (χ4n) is 6.50. The maximum atomic E-state index is 13.0. The molecule has 4 aromatic carbocycles. The molecule has 2 aliphatic rings. The molecule has 0 atom stereocenters. The third-order valence-electron chi connectivity index (χ3n) is 8.85. The quantitative estimate of drug-likeness (QED) is 0.103. The molecule has 4 aromatic rings. The minimum atomic E-state index is -0.205. The monoisotopic (exact) mass is 699 g/mol. The predicted octanol–water partition coefficient (Wildman–Crippen LogP) is 5.18. The van der Waals surface area contributed by atoms with E-state index in [1.54, 1.807) is 12.1 Å². The molecule has 0 spiro atoms. The van der Waals surface area contributed by atoms with E-state index in [4.69, 9.17) is 0 Å². The van der Waals surface area contributed by atoms with Crippen molar-refractivity contribution in [3.05, 3.63) is 95.1 Å². The average Bonchev–Trinajstić information content (AvgIpc) is 3.08. The molecule has 246 valence electrons. The summed E-state index contributed by atoms with van der Waals surface area (Å²) < 4.78 is 0. The van der Waals surface area contributed by atoms with Crippen molar-refractivity contribution in [3.63, 3.8) is 0 Å². The molecule has 6 rings (SSSR count). The highest BCUT2D eigenvalue weighted by Crippen LogP contribution is 2.31. The average molecular weight is 701 g/mol. The zero-order valence-corrected chi connectivity index (χ0v) is 28.3. The summed E-state index contributed by atoms with van der Waals surface area (Å²) in [4.78, 5) is 54.7. The molecule has 47 heavy (non-hydrogen) atoms. The van der Waals surface area contributed by atoms with Gasteiger partial charge in [0.2, 0.25) is 0 Å². The molecule has 3 N–H and O–H groups in total. The van der Waals surface area contributed by atoms with Crippen LogP contribution in [-0.2, 0) is 0 Å². The Morgan fingerprint density at radius 2 is 0.702 bits per heavy atom. The van der Waals surface area contributed by atoms with E-state index in [0.717, 1.165) is 86.5 Å². The zero-order valence-electron chi connectivity index (χ0n) is 26.6. The smallest absolute Gasteiger partial charge is 0.261 e. The van der Waals surface area contributed by atoms with Crippen molar-refractivity contribution in [1.29, 1.82) is 0 Å². The number of unbranched alkanes of at least 4 members (excludes halogenated alkanes) is 1. The lowest BCUT2D eigenvalue weighted by Gasteiger charge is -2.27. The summed E-state index contributed by atoms with van der Waals surface area (Å²) in [6.07, 6.45) is 4.55. The predicted molar refractivity (Wildman–Crippen MR) is 191 cm³/mol. The van der Waals surface area contributed by atoms with Crippen LogP contribution >= 0.6 is 17.0 Å². The molecule has 0 bridgehead atoms. The summed E-state index contributed by atoms with van der Waals surface area (Å²) in [5.74, 6) is -0.816. The van der Waals surface area contributed by atoms with Crippen molar-refractivity contribution >= 4 is 62.2 Å². The van der Waals surface area contributed by atoms with Gasteiger partial charge in [0.15, 0.2) is 0 Å². The summed E-state index contributed by atoms with van der Waals surface area (Å²) in [5, 5.41) is 13.7. The minimum Gasteiger partial charge on any atom is -0.317 e. The first-order chi connectivity index (χ1) is 22.6. The van der Waals surface area contributed by atoms with Gasteiger partial charge in [0.25, 0.3) is 23.6 Å². The first kappa shape index (κ1) is 34.4. The normalized spacial score (nSPS) is 14.0. The maximum absolute atomic E-state index is 13.0. The molecule has 2 heterocycles. The Kier molecular flexibility index (Phi) is 11.9. The van der Waals surface area contributed by atoms with E-state index in [0.29, 0.717) is 41.8 Å². The summed E-state index contributed by atoms with van der Waals surface area (Å²) in [5.41, 5.74) is 2.43. The Hall–Kier alpha value is -3.96. The van der Waals surface area contributed by atoms with Gasteiger partial charge in [-0.05, 0) is 106 Å². The van der Waals surface area contributed by atoms with Gasteiger partial charge in [0, 0.05) is 46.1 Å². The molecule has 0 unspecified atom stereocenters. The van der Waals surface area contributed by atoms with Crippen LogP contribution in [0.2, 0.25) is 0 Å². The van der Waals surface area contributed by atoms with Crippen LogP contribution in [0.25, 0.3) is 21.5 Å². The number of halogens is 1. The van der Waals surface area contributed by atoms with Crippen LogP contribution in [-0.4, -0.2) is 85.8 Å². The van der Waals surface area contributed by atoms with Crippen LogP contribution < -0.4 is 16.0 Å². The third-order valence-corrected chi connectivity index (χ3v) is 8.85. The first-order valence-corrected chi connectivity index (χ1v) is 16.4. The van der Waals surface area contributed by atoms with E-state index in [1.807, 2.05) is 60.7 Å². The summed E-state index contributed by atoms with van der Waals surface area (Å²) in [6, 6.07) is 22.4. The molecule has 0 saturated heterocycles. The van der Waals surface area contributed by atoms with E-state index >= 15 is 0 Å². The van der Waals surface area contributed by atoms with Gasteiger partial charge < -0.3 is 16.0 Å². The Balaban J connectivity index is 0.00000433. The highest BCUT2D eigenvalue weighted by Gasteiger charge is 2.33. The maximum Gasteiger partial charge on any atom is 0.261 e. The first-order valence-electron chi connectivity index (χ1n) is 16.4. The van der Waals surface area contributed by atoms with E-state index in [2.05, 4.69) is 16.0 Å². The molecule has 0 saturated carbocycles. The minimum absolute atomic E-state index is 0. The van der Waals surface area contributed by atoms with Crippen LogP contribution in [0.3, 0.4) is 0 Å². The molecule has 0 aliphatic carbocycles. The number of nitrogens with zero attached hydrogens (tertiary/aromatic N) is 2. The fraction of sp³-hybridized carbons (Fsp3) is 0.351. The van der Waals surface area contributed by atoms with Gasteiger partial charge in [0.1, 0.15) is 0 Å². The van der Waals surface area contributed by atoms with E-state index in [9.17, 15) is 19.2 Å². The number of carbonyl (C=O) groups is 4. The number of nitrogens with one attached hydrogen (secondary N) is 3.